The van der Waals surface area contributed by atoms with Crippen LogP contribution in [-0.4, -0.2) is 12.5 Å². The van der Waals surface area contributed by atoms with E-state index in [4.69, 9.17) is 27.9 Å². The fourth-order valence-corrected chi connectivity index (χ4v) is 2.66. The molecular weight excluding hydrogens is 333 g/mol. The average Bonchev–Trinajstić information content (AvgIpc) is 3.36. The second-order valence-corrected chi connectivity index (χ2v) is 6.56. The largest absolute Gasteiger partial charge is 0.487 e. The third kappa shape index (κ3) is 4.63. The molecule has 0 saturated heterocycles. The standard InChI is InChI=1S/C18H17Cl2NO2/c19-15-3-1-2-13(8-15)11-23-17-7-6-14(9-16(17)20)18(22)21-10-12-4-5-12/h1-3,6-9,12H,4-5,10-11H2,(H,21,22). The predicted molar refractivity (Wildman–Crippen MR) is 92.3 cm³/mol. The van der Waals surface area contributed by atoms with Crippen molar-refractivity contribution in [1.82, 2.24) is 5.32 Å². The van der Waals surface area contributed by atoms with E-state index in [2.05, 4.69) is 5.32 Å². The summed E-state index contributed by atoms with van der Waals surface area (Å²) in [6.07, 6.45) is 2.41. The van der Waals surface area contributed by atoms with Crippen LogP contribution in [0.5, 0.6) is 5.75 Å². The Kier molecular flexibility index (Phi) is 5.09. The SMILES string of the molecule is O=C(NCC1CC1)c1ccc(OCc2cccc(Cl)c2)c(Cl)c1. The van der Waals surface area contributed by atoms with Crippen molar-refractivity contribution in [3.63, 3.8) is 0 Å². The summed E-state index contributed by atoms with van der Waals surface area (Å²) in [5.74, 6) is 1.10. The molecule has 0 atom stereocenters. The van der Waals surface area contributed by atoms with Gasteiger partial charge in [-0.25, -0.2) is 0 Å². The van der Waals surface area contributed by atoms with Gasteiger partial charge < -0.3 is 10.1 Å². The minimum absolute atomic E-state index is 0.0970. The van der Waals surface area contributed by atoms with Gasteiger partial charge in [-0.15, -0.1) is 0 Å². The normalized spacial score (nSPS) is 13.7. The Bertz CT molecular complexity index is 714. The van der Waals surface area contributed by atoms with Gasteiger partial charge in [-0.05, 0) is 54.7 Å². The van der Waals surface area contributed by atoms with E-state index in [9.17, 15) is 4.79 Å². The number of halogens is 2. The number of hydrogen-bond donors (Lipinski definition) is 1. The second kappa shape index (κ2) is 7.24. The molecule has 0 aromatic heterocycles. The van der Waals surface area contributed by atoms with E-state index in [0.717, 1.165) is 12.1 Å². The maximum atomic E-state index is 12.0. The maximum absolute atomic E-state index is 12.0. The highest BCUT2D eigenvalue weighted by Gasteiger charge is 2.22. The van der Waals surface area contributed by atoms with Crippen molar-refractivity contribution < 1.29 is 9.53 Å². The number of hydrogen-bond acceptors (Lipinski definition) is 2. The van der Waals surface area contributed by atoms with Crippen LogP contribution >= 0.6 is 23.2 Å². The first-order valence-electron chi connectivity index (χ1n) is 7.57. The first-order valence-corrected chi connectivity index (χ1v) is 8.32. The summed E-state index contributed by atoms with van der Waals surface area (Å²) >= 11 is 12.2. The summed E-state index contributed by atoms with van der Waals surface area (Å²) < 4.78 is 5.70. The van der Waals surface area contributed by atoms with Crippen LogP contribution in [0.2, 0.25) is 10.0 Å². The van der Waals surface area contributed by atoms with Gasteiger partial charge in [0.25, 0.3) is 5.91 Å². The zero-order valence-electron chi connectivity index (χ0n) is 12.5. The molecule has 0 unspecified atom stereocenters. The molecule has 1 aliphatic carbocycles. The molecule has 5 heteroatoms. The number of nitrogens with one attached hydrogen (secondary N) is 1. The van der Waals surface area contributed by atoms with Crippen LogP contribution in [0.3, 0.4) is 0 Å². The van der Waals surface area contributed by atoms with Crippen molar-refractivity contribution in [2.45, 2.75) is 19.4 Å². The summed E-state index contributed by atoms with van der Waals surface area (Å²) in [5.41, 5.74) is 1.51. The zero-order chi connectivity index (χ0) is 16.2. The maximum Gasteiger partial charge on any atom is 0.251 e. The summed E-state index contributed by atoms with van der Waals surface area (Å²) in [4.78, 5) is 12.0. The third-order valence-corrected chi connectivity index (χ3v) is 4.26. The molecule has 0 bridgehead atoms. The lowest BCUT2D eigenvalue weighted by molar-refractivity contribution is 0.0952. The Morgan fingerprint density at radius 2 is 2.00 bits per heavy atom. The van der Waals surface area contributed by atoms with Gasteiger partial charge in [-0.3, -0.25) is 4.79 Å². The molecule has 0 radical (unpaired) electrons. The summed E-state index contributed by atoms with van der Waals surface area (Å²) in [5, 5.41) is 4.01. The van der Waals surface area contributed by atoms with E-state index < -0.39 is 0 Å². The molecule has 1 amide bonds. The third-order valence-electron chi connectivity index (χ3n) is 3.73. The van der Waals surface area contributed by atoms with E-state index in [-0.39, 0.29) is 5.91 Å². The molecule has 120 valence electrons. The van der Waals surface area contributed by atoms with Crippen molar-refractivity contribution in [1.29, 1.82) is 0 Å². The highest BCUT2D eigenvalue weighted by atomic mass is 35.5. The van der Waals surface area contributed by atoms with Crippen LogP contribution < -0.4 is 10.1 Å². The van der Waals surface area contributed by atoms with E-state index >= 15 is 0 Å². The first kappa shape index (κ1) is 16.2. The quantitative estimate of drug-likeness (QED) is 0.819. The average molecular weight is 350 g/mol. The van der Waals surface area contributed by atoms with Crippen molar-refractivity contribution in [2.75, 3.05) is 6.54 Å². The van der Waals surface area contributed by atoms with Crippen LogP contribution in [0, 0.1) is 5.92 Å². The molecule has 1 aliphatic rings. The van der Waals surface area contributed by atoms with Crippen molar-refractivity contribution >= 4 is 29.1 Å². The lowest BCUT2D eigenvalue weighted by Crippen LogP contribution is -2.25. The van der Waals surface area contributed by atoms with Crippen LogP contribution in [-0.2, 0) is 6.61 Å². The lowest BCUT2D eigenvalue weighted by Gasteiger charge is -2.10. The van der Waals surface area contributed by atoms with Crippen molar-refractivity contribution in [2.24, 2.45) is 5.92 Å². The molecule has 3 rings (SSSR count). The summed E-state index contributed by atoms with van der Waals surface area (Å²) in [6, 6.07) is 12.5. The monoisotopic (exact) mass is 349 g/mol. The van der Waals surface area contributed by atoms with E-state index in [1.165, 1.54) is 12.8 Å². The molecule has 2 aromatic carbocycles. The number of carbonyl (C=O) groups excluding carboxylic acids is 1. The summed E-state index contributed by atoms with van der Waals surface area (Å²) in [6.45, 7) is 1.11. The van der Waals surface area contributed by atoms with Crippen LogP contribution in [0.25, 0.3) is 0 Å². The van der Waals surface area contributed by atoms with Gasteiger partial charge in [0.1, 0.15) is 12.4 Å². The molecule has 23 heavy (non-hydrogen) atoms. The van der Waals surface area contributed by atoms with E-state index in [0.29, 0.717) is 33.9 Å². The molecule has 2 aromatic rings. The lowest BCUT2D eigenvalue weighted by atomic mass is 10.2. The summed E-state index contributed by atoms with van der Waals surface area (Å²) in [7, 11) is 0. The number of ether oxygens (including phenoxy) is 1. The van der Waals surface area contributed by atoms with E-state index in [1.54, 1.807) is 18.2 Å². The number of rotatable bonds is 6. The minimum Gasteiger partial charge on any atom is -0.487 e. The zero-order valence-corrected chi connectivity index (χ0v) is 14.0. The van der Waals surface area contributed by atoms with Gasteiger partial charge in [-0.2, -0.15) is 0 Å². The number of benzene rings is 2. The van der Waals surface area contributed by atoms with Gasteiger partial charge in [0.15, 0.2) is 0 Å². The highest BCUT2D eigenvalue weighted by molar-refractivity contribution is 6.32. The Morgan fingerprint density at radius 3 is 2.70 bits per heavy atom. The molecule has 1 saturated carbocycles. The van der Waals surface area contributed by atoms with Crippen molar-refractivity contribution in [3.05, 3.63) is 63.6 Å². The molecule has 1 N–H and O–H groups in total. The minimum atomic E-state index is -0.0970. The first-order chi connectivity index (χ1) is 11.1. The fraction of sp³-hybridized carbons (Fsp3) is 0.278. The molecule has 3 nitrogen and oxygen atoms in total. The number of amides is 1. The van der Waals surface area contributed by atoms with Crippen molar-refractivity contribution in [3.8, 4) is 5.75 Å². The Balaban J connectivity index is 1.60. The predicted octanol–water partition coefficient (Wildman–Crippen LogP) is 4.71. The van der Waals surface area contributed by atoms with Gasteiger partial charge in [-0.1, -0.05) is 35.3 Å². The topological polar surface area (TPSA) is 38.3 Å². The molecule has 0 aliphatic heterocycles. The highest BCUT2D eigenvalue weighted by Crippen LogP contribution is 2.28. The van der Waals surface area contributed by atoms with Crippen LogP contribution in [0.4, 0.5) is 0 Å². The van der Waals surface area contributed by atoms with Crippen LogP contribution in [0.1, 0.15) is 28.8 Å². The van der Waals surface area contributed by atoms with Gasteiger partial charge >= 0.3 is 0 Å². The van der Waals surface area contributed by atoms with Gasteiger partial charge in [0, 0.05) is 17.1 Å². The Morgan fingerprint density at radius 1 is 1.17 bits per heavy atom. The van der Waals surface area contributed by atoms with E-state index in [1.807, 2.05) is 24.3 Å². The molecule has 0 heterocycles. The second-order valence-electron chi connectivity index (χ2n) is 5.72. The fourth-order valence-electron chi connectivity index (χ4n) is 2.21. The molecule has 1 fully saturated rings. The van der Waals surface area contributed by atoms with Crippen LogP contribution in [0.15, 0.2) is 42.5 Å². The Hall–Kier alpha value is -1.71. The Labute approximate surface area is 145 Å². The van der Waals surface area contributed by atoms with Gasteiger partial charge in [0.05, 0.1) is 5.02 Å². The molecule has 0 spiro atoms. The smallest absolute Gasteiger partial charge is 0.251 e. The molecular formula is C18H17Cl2NO2. The van der Waals surface area contributed by atoms with Gasteiger partial charge in [0.2, 0.25) is 0 Å². The number of carbonyl (C=O) groups is 1.